The average molecular weight is 284 g/mol. The lowest BCUT2D eigenvalue weighted by molar-refractivity contribution is -0.128. The summed E-state index contributed by atoms with van der Waals surface area (Å²) >= 11 is 0. The van der Waals surface area contributed by atoms with Gasteiger partial charge in [0.2, 0.25) is 15.9 Å². The molecule has 0 aliphatic carbocycles. The van der Waals surface area contributed by atoms with Gasteiger partial charge in [-0.2, -0.15) is 0 Å². The molecule has 0 bridgehead atoms. The van der Waals surface area contributed by atoms with Crippen LogP contribution in [-0.2, 0) is 14.8 Å². The molecule has 1 aliphatic rings. The monoisotopic (exact) mass is 284 g/mol. The van der Waals surface area contributed by atoms with E-state index in [-0.39, 0.29) is 18.9 Å². The number of benzene rings is 1. The van der Waals surface area contributed by atoms with Crippen LogP contribution in [0.2, 0.25) is 0 Å². The average Bonchev–Trinajstić information content (AvgIpc) is 2.72. The quantitative estimate of drug-likeness (QED) is 0.821. The fourth-order valence-electron chi connectivity index (χ4n) is 1.96. The third-order valence-electron chi connectivity index (χ3n) is 3.02. The molecular weight excluding hydrogens is 268 g/mol. The molecule has 1 unspecified atom stereocenters. The second kappa shape index (κ2) is 5.58. The number of hydrogen-bond donors (Lipinski definition) is 1. The van der Waals surface area contributed by atoms with Crippen LogP contribution in [0.25, 0.3) is 0 Å². The largest absolute Gasteiger partial charge is 0.492 e. The number of likely N-dealkylation sites (tertiary alicyclic amines) is 1. The van der Waals surface area contributed by atoms with Crippen LogP contribution < -0.4 is 9.88 Å². The van der Waals surface area contributed by atoms with E-state index in [9.17, 15) is 13.2 Å². The Kier molecular flexibility index (Phi) is 4.06. The van der Waals surface area contributed by atoms with Crippen molar-refractivity contribution in [2.75, 3.05) is 19.7 Å². The van der Waals surface area contributed by atoms with E-state index in [4.69, 9.17) is 9.88 Å². The third-order valence-corrected chi connectivity index (χ3v) is 4.26. The van der Waals surface area contributed by atoms with Crippen molar-refractivity contribution in [1.82, 2.24) is 4.90 Å². The number of ether oxygens (including phenoxy) is 1. The summed E-state index contributed by atoms with van der Waals surface area (Å²) in [4.78, 5) is 13.1. The van der Waals surface area contributed by atoms with Crippen molar-refractivity contribution < 1.29 is 17.9 Å². The van der Waals surface area contributed by atoms with Crippen molar-refractivity contribution >= 4 is 15.9 Å². The maximum absolute atomic E-state index is 11.6. The molecule has 1 saturated heterocycles. The standard InChI is InChI=1S/C12H16N2O4S/c13-19(16,17)11-8-12(15)14(9-11)6-7-18-10-4-2-1-3-5-10/h1-5,11H,6-9H2,(H2,13,16,17). The van der Waals surface area contributed by atoms with Gasteiger partial charge in [-0.05, 0) is 12.1 Å². The Morgan fingerprint density at radius 1 is 1.32 bits per heavy atom. The Morgan fingerprint density at radius 3 is 2.58 bits per heavy atom. The van der Waals surface area contributed by atoms with E-state index in [1.165, 1.54) is 4.90 Å². The van der Waals surface area contributed by atoms with Crippen LogP contribution in [0.15, 0.2) is 30.3 Å². The topological polar surface area (TPSA) is 89.7 Å². The van der Waals surface area contributed by atoms with Gasteiger partial charge in [0.25, 0.3) is 0 Å². The van der Waals surface area contributed by atoms with Crippen molar-refractivity contribution in [3.05, 3.63) is 30.3 Å². The zero-order chi connectivity index (χ0) is 13.9. The number of carbonyl (C=O) groups excluding carboxylic acids is 1. The molecule has 1 atom stereocenters. The fourth-order valence-corrected chi connectivity index (χ4v) is 2.73. The molecule has 1 fully saturated rings. The summed E-state index contributed by atoms with van der Waals surface area (Å²) < 4.78 is 27.8. The molecule has 1 aromatic rings. The summed E-state index contributed by atoms with van der Waals surface area (Å²) in [5.74, 6) is 0.521. The minimum atomic E-state index is -3.65. The maximum atomic E-state index is 11.6. The zero-order valence-electron chi connectivity index (χ0n) is 10.4. The lowest BCUT2D eigenvalue weighted by Gasteiger charge is -2.16. The molecule has 0 saturated carbocycles. The van der Waals surface area contributed by atoms with Crippen molar-refractivity contribution in [2.45, 2.75) is 11.7 Å². The summed E-state index contributed by atoms with van der Waals surface area (Å²) in [5, 5.41) is 4.25. The highest BCUT2D eigenvalue weighted by Gasteiger charge is 2.36. The summed E-state index contributed by atoms with van der Waals surface area (Å²) in [7, 11) is -3.65. The number of carbonyl (C=O) groups is 1. The van der Waals surface area contributed by atoms with Crippen molar-refractivity contribution in [3.63, 3.8) is 0 Å². The fraction of sp³-hybridized carbons (Fsp3) is 0.417. The van der Waals surface area contributed by atoms with E-state index >= 15 is 0 Å². The number of rotatable bonds is 5. The molecule has 1 amide bonds. The Bertz CT molecular complexity index is 544. The van der Waals surface area contributed by atoms with Gasteiger partial charge in [-0.25, -0.2) is 13.6 Å². The first-order chi connectivity index (χ1) is 8.97. The molecule has 7 heteroatoms. The van der Waals surface area contributed by atoms with Gasteiger partial charge in [0, 0.05) is 13.0 Å². The smallest absolute Gasteiger partial charge is 0.224 e. The normalized spacial score (nSPS) is 19.7. The van der Waals surface area contributed by atoms with E-state index in [0.29, 0.717) is 13.2 Å². The zero-order valence-corrected chi connectivity index (χ0v) is 11.2. The van der Waals surface area contributed by atoms with E-state index < -0.39 is 15.3 Å². The molecular formula is C12H16N2O4S. The molecule has 0 spiro atoms. The predicted molar refractivity (Wildman–Crippen MR) is 70.0 cm³/mol. The maximum Gasteiger partial charge on any atom is 0.224 e. The Morgan fingerprint density at radius 2 is 2.00 bits per heavy atom. The molecule has 2 N–H and O–H groups in total. The highest BCUT2D eigenvalue weighted by molar-refractivity contribution is 7.89. The molecule has 104 valence electrons. The summed E-state index contributed by atoms with van der Waals surface area (Å²) in [6.45, 7) is 0.836. The third kappa shape index (κ3) is 3.68. The minimum Gasteiger partial charge on any atom is -0.492 e. The number of hydrogen-bond acceptors (Lipinski definition) is 4. The second-order valence-corrected chi connectivity index (χ2v) is 6.26. The van der Waals surface area contributed by atoms with Crippen LogP contribution in [0.4, 0.5) is 0 Å². The molecule has 19 heavy (non-hydrogen) atoms. The predicted octanol–water partition coefficient (Wildman–Crippen LogP) is -0.0452. The van der Waals surface area contributed by atoms with E-state index in [0.717, 1.165) is 5.75 Å². The molecule has 0 aromatic heterocycles. The molecule has 1 aliphatic heterocycles. The van der Waals surface area contributed by atoms with Crippen LogP contribution in [0.3, 0.4) is 0 Å². The number of amides is 1. The van der Waals surface area contributed by atoms with Gasteiger partial charge < -0.3 is 9.64 Å². The van der Waals surface area contributed by atoms with Gasteiger partial charge in [-0.15, -0.1) is 0 Å². The van der Waals surface area contributed by atoms with E-state index in [1.54, 1.807) is 0 Å². The van der Waals surface area contributed by atoms with Gasteiger partial charge in [-0.1, -0.05) is 18.2 Å². The van der Waals surface area contributed by atoms with Crippen LogP contribution >= 0.6 is 0 Å². The molecule has 6 nitrogen and oxygen atoms in total. The number of para-hydroxylation sites is 1. The first-order valence-corrected chi connectivity index (χ1v) is 7.55. The lowest BCUT2D eigenvalue weighted by atomic mass is 10.3. The summed E-state index contributed by atoms with van der Waals surface area (Å²) in [5.41, 5.74) is 0. The Hall–Kier alpha value is -1.60. The van der Waals surface area contributed by atoms with Gasteiger partial charge in [0.15, 0.2) is 0 Å². The van der Waals surface area contributed by atoms with Gasteiger partial charge in [-0.3, -0.25) is 4.79 Å². The van der Waals surface area contributed by atoms with E-state index in [1.807, 2.05) is 30.3 Å². The number of sulfonamides is 1. The number of nitrogens with zero attached hydrogens (tertiary/aromatic N) is 1. The van der Waals surface area contributed by atoms with Crippen molar-refractivity contribution in [2.24, 2.45) is 5.14 Å². The Balaban J connectivity index is 1.83. The lowest BCUT2D eigenvalue weighted by Crippen LogP contribution is -2.34. The highest BCUT2D eigenvalue weighted by atomic mass is 32.2. The van der Waals surface area contributed by atoms with Crippen molar-refractivity contribution in [1.29, 1.82) is 0 Å². The number of primary sulfonamides is 1. The van der Waals surface area contributed by atoms with Gasteiger partial charge in [0.1, 0.15) is 17.6 Å². The van der Waals surface area contributed by atoms with Crippen LogP contribution in [0, 0.1) is 0 Å². The minimum absolute atomic E-state index is 0.0375. The number of nitrogens with two attached hydrogens (primary N) is 1. The Labute approximate surface area is 112 Å². The summed E-state index contributed by atoms with van der Waals surface area (Å²) in [6.07, 6.45) is -0.0375. The molecule has 1 aromatic carbocycles. The summed E-state index contributed by atoms with van der Waals surface area (Å²) in [6, 6.07) is 9.23. The molecule has 0 radical (unpaired) electrons. The molecule has 1 heterocycles. The SMILES string of the molecule is NS(=O)(=O)C1CC(=O)N(CCOc2ccccc2)C1. The van der Waals surface area contributed by atoms with E-state index in [2.05, 4.69) is 0 Å². The van der Waals surface area contributed by atoms with Crippen LogP contribution in [-0.4, -0.2) is 44.2 Å². The highest BCUT2D eigenvalue weighted by Crippen LogP contribution is 2.16. The van der Waals surface area contributed by atoms with Crippen LogP contribution in [0.5, 0.6) is 5.75 Å². The molecule has 2 rings (SSSR count). The first-order valence-electron chi connectivity index (χ1n) is 5.94. The van der Waals surface area contributed by atoms with Gasteiger partial charge in [0.05, 0.1) is 6.54 Å². The second-order valence-electron chi connectivity index (χ2n) is 4.42. The van der Waals surface area contributed by atoms with Gasteiger partial charge >= 0.3 is 0 Å². The van der Waals surface area contributed by atoms with Crippen molar-refractivity contribution in [3.8, 4) is 5.75 Å². The van der Waals surface area contributed by atoms with Crippen LogP contribution in [0.1, 0.15) is 6.42 Å². The first kappa shape index (κ1) is 13.8.